The van der Waals surface area contributed by atoms with Crippen molar-refractivity contribution >= 4 is 0 Å². The number of pyridine rings is 1. The SMILES string of the molecule is [2H]C([2H])([2H])[n+]1ccccc1. The van der Waals surface area contributed by atoms with Crippen molar-refractivity contribution in [2.45, 2.75) is 0 Å². The molecule has 1 aromatic heterocycles. The highest BCUT2D eigenvalue weighted by molar-refractivity contribution is 4.83. The summed E-state index contributed by atoms with van der Waals surface area (Å²) in [6.45, 7) is -2.04. The third-order valence-electron chi connectivity index (χ3n) is 0.716. The van der Waals surface area contributed by atoms with Crippen LogP contribution in [0.1, 0.15) is 4.11 Å². The monoisotopic (exact) mass is 97.1 g/mol. The van der Waals surface area contributed by atoms with Crippen molar-refractivity contribution in [1.29, 1.82) is 0 Å². The first kappa shape index (κ1) is 1.95. The van der Waals surface area contributed by atoms with Crippen molar-refractivity contribution in [3.05, 3.63) is 30.6 Å². The summed E-state index contributed by atoms with van der Waals surface area (Å²) in [6, 6.07) is 5.15. The van der Waals surface area contributed by atoms with Crippen LogP contribution in [0.15, 0.2) is 30.6 Å². The molecular weight excluding hydrogens is 86.1 g/mol. The van der Waals surface area contributed by atoms with Crippen molar-refractivity contribution in [3.63, 3.8) is 0 Å². The average molecular weight is 97.2 g/mol. The van der Waals surface area contributed by atoms with Gasteiger partial charge in [-0.05, 0) is 0 Å². The molecule has 0 aliphatic heterocycles. The van der Waals surface area contributed by atoms with Crippen LogP contribution in [0.5, 0.6) is 0 Å². The molecule has 0 fully saturated rings. The Bertz CT molecular complexity index is 204. The Labute approximate surface area is 47.4 Å². The second-order valence-corrected chi connectivity index (χ2v) is 1.28. The third-order valence-corrected chi connectivity index (χ3v) is 0.716. The van der Waals surface area contributed by atoms with Crippen LogP contribution in [0.4, 0.5) is 0 Å². The van der Waals surface area contributed by atoms with Crippen molar-refractivity contribution in [1.82, 2.24) is 0 Å². The number of hydrogen-bond acceptors (Lipinski definition) is 0. The molecule has 1 rings (SSSR count). The second-order valence-electron chi connectivity index (χ2n) is 1.28. The van der Waals surface area contributed by atoms with E-state index in [0.717, 1.165) is 0 Å². The Morgan fingerprint density at radius 1 is 1.29 bits per heavy atom. The Morgan fingerprint density at radius 3 is 2.43 bits per heavy atom. The Balaban J connectivity index is 2.97. The van der Waals surface area contributed by atoms with Crippen LogP contribution in [0.3, 0.4) is 0 Å². The summed E-state index contributed by atoms with van der Waals surface area (Å²) in [6.07, 6.45) is 3.04. The van der Waals surface area contributed by atoms with E-state index in [2.05, 4.69) is 0 Å². The molecule has 0 amide bonds. The maximum Gasteiger partial charge on any atom is 0.168 e. The van der Waals surface area contributed by atoms with Gasteiger partial charge < -0.3 is 0 Å². The summed E-state index contributed by atoms with van der Waals surface area (Å²) in [7, 11) is 0. The summed E-state index contributed by atoms with van der Waals surface area (Å²) >= 11 is 0. The lowest BCUT2D eigenvalue weighted by Crippen LogP contribution is -2.25. The van der Waals surface area contributed by atoms with Gasteiger partial charge in [-0.15, -0.1) is 0 Å². The Kier molecular flexibility index (Phi) is 0.483. The van der Waals surface area contributed by atoms with E-state index >= 15 is 0 Å². The standard InChI is InChI=1S/C6H8N/c1-7-5-3-2-4-6-7/h2-6H,1H3/q+1/i1D3. The smallest absolute Gasteiger partial charge is 0.168 e. The van der Waals surface area contributed by atoms with Gasteiger partial charge in [-0.3, -0.25) is 0 Å². The largest absolute Gasteiger partial charge is 0.208 e. The fourth-order valence-corrected chi connectivity index (χ4v) is 0.399. The normalized spacial score (nSPS) is 16.9. The summed E-state index contributed by atoms with van der Waals surface area (Å²) in [4.78, 5) is 0. The van der Waals surface area contributed by atoms with Gasteiger partial charge in [0.15, 0.2) is 12.4 Å². The number of rotatable bonds is 0. The molecule has 0 N–H and O–H groups in total. The minimum absolute atomic E-state index is 1.19. The van der Waals surface area contributed by atoms with E-state index in [0.29, 0.717) is 0 Å². The highest BCUT2D eigenvalue weighted by atomic mass is 14.9. The molecule has 0 unspecified atom stereocenters. The zero-order valence-corrected chi connectivity index (χ0v) is 3.83. The molecule has 0 saturated heterocycles. The summed E-state index contributed by atoms with van der Waals surface area (Å²) in [5.41, 5.74) is 0. The van der Waals surface area contributed by atoms with Gasteiger partial charge in [-0.2, -0.15) is 0 Å². The molecule has 0 saturated carbocycles. The molecule has 0 bridgehead atoms. The van der Waals surface area contributed by atoms with Crippen LogP contribution in [-0.4, -0.2) is 0 Å². The molecule has 1 heteroatoms. The second kappa shape index (κ2) is 1.73. The Hall–Kier alpha value is -0.850. The van der Waals surface area contributed by atoms with Gasteiger partial charge in [0.1, 0.15) is 11.1 Å². The van der Waals surface area contributed by atoms with E-state index in [9.17, 15) is 0 Å². The van der Waals surface area contributed by atoms with Crippen LogP contribution < -0.4 is 4.57 Å². The highest BCUT2D eigenvalue weighted by Gasteiger charge is 1.78. The summed E-state index contributed by atoms with van der Waals surface area (Å²) in [5, 5.41) is 0. The molecule has 7 heavy (non-hydrogen) atoms. The molecule has 0 aliphatic rings. The lowest BCUT2D eigenvalue weighted by Gasteiger charge is -1.77. The van der Waals surface area contributed by atoms with Crippen LogP contribution in [0.2, 0.25) is 0 Å². The van der Waals surface area contributed by atoms with E-state index in [1.807, 2.05) is 0 Å². The fourth-order valence-electron chi connectivity index (χ4n) is 0.399. The van der Waals surface area contributed by atoms with Gasteiger partial charge in [-0.1, -0.05) is 6.07 Å². The van der Waals surface area contributed by atoms with Gasteiger partial charge in [0.25, 0.3) is 0 Å². The Morgan fingerprint density at radius 2 is 2.00 bits per heavy atom. The van der Waals surface area contributed by atoms with Gasteiger partial charge in [0, 0.05) is 12.1 Å². The number of nitrogens with zero attached hydrogens (tertiary/aromatic N) is 1. The minimum atomic E-state index is -2.04. The number of aryl methyl sites for hydroxylation is 1. The maximum atomic E-state index is 6.97. The van der Waals surface area contributed by atoms with Gasteiger partial charge in [-0.25, -0.2) is 4.57 Å². The average Bonchev–Trinajstić information content (AvgIpc) is 1.88. The van der Waals surface area contributed by atoms with E-state index in [1.54, 1.807) is 18.2 Å². The molecular formula is C6H8N+. The zero-order chi connectivity index (χ0) is 7.61. The molecule has 0 spiro atoms. The first-order valence-corrected chi connectivity index (χ1v) is 2.07. The van der Waals surface area contributed by atoms with Gasteiger partial charge >= 0.3 is 0 Å². The first-order chi connectivity index (χ1) is 4.61. The molecule has 0 atom stereocenters. The topological polar surface area (TPSA) is 3.88 Å². The zero-order valence-electron chi connectivity index (χ0n) is 6.83. The van der Waals surface area contributed by atoms with Crippen molar-refractivity contribution in [2.75, 3.05) is 0 Å². The van der Waals surface area contributed by atoms with Gasteiger partial charge in [0.05, 0.1) is 0 Å². The predicted molar refractivity (Wildman–Crippen MR) is 27.6 cm³/mol. The molecule has 0 aliphatic carbocycles. The fraction of sp³-hybridized carbons (Fsp3) is 0.167. The molecule has 36 valence electrons. The third kappa shape index (κ3) is 1.000. The van der Waals surface area contributed by atoms with E-state index < -0.39 is 6.98 Å². The first-order valence-electron chi connectivity index (χ1n) is 3.57. The van der Waals surface area contributed by atoms with E-state index in [4.69, 9.17) is 4.11 Å². The van der Waals surface area contributed by atoms with Crippen LogP contribution in [0.25, 0.3) is 0 Å². The predicted octanol–water partition coefficient (Wildman–Crippen LogP) is 0.511. The molecule has 1 nitrogen and oxygen atoms in total. The van der Waals surface area contributed by atoms with Crippen molar-refractivity contribution < 1.29 is 8.68 Å². The van der Waals surface area contributed by atoms with Crippen molar-refractivity contribution in [3.8, 4) is 0 Å². The van der Waals surface area contributed by atoms with Gasteiger partial charge in [0.2, 0.25) is 0 Å². The van der Waals surface area contributed by atoms with Crippen LogP contribution in [-0.2, 0) is 6.98 Å². The lowest BCUT2D eigenvalue weighted by molar-refractivity contribution is -0.671. The minimum Gasteiger partial charge on any atom is -0.208 e. The maximum absolute atomic E-state index is 6.97. The molecule has 0 radical (unpaired) electrons. The number of aromatic nitrogens is 1. The molecule has 1 heterocycles. The van der Waals surface area contributed by atoms with E-state index in [-0.39, 0.29) is 0 Å². The quantitative estimate of drug-likeness (QED) is 0.415. The molecule has 0 aromatic carbocycles. The van der Waals surface area contributed by atoms with Crippen LogP contribution in [0, 0.1) is 0 Å². The summed E-state index contributed by atoms with van der Waals surface area (Å²) in [5.74, 6) is 0. The number of hydrogen-bond donors (Lipinski definition) is 0. The van der Waals surface area contributed by atoms with Crippen LogP contribution >= 0.6 is 0 Å². The lowest BCUT2D eigenvalue weighted by atomic mass is 10.5. The highest BCUT2D eigenvalue weighted by Crippen LogP contribution is 1.71. The summed E-state index contributed by atoms with van der Waals surface area (Å²) < 4.78 is 22.1. The van der Waals surface area contributed by atoms with E-state index in [1.165, 1.54) is 17.0 Å². The molecule has 1 aromatic rings. The van der Waals surface area contributed by atoms with Crippen molar-refractivity contribution in [2.24, 2.45) is 6.98 Å².